The predicted molar refractivity (Wildman–Crippen MR) is 51.4 cm³/mol. The van der Waals surface area contributed by atoms with Gasteiger partial charge in [-0.1, -0.05) is 18.2 Å². The van der Waals surface area contributed by atoms with Crippen molar-refractivity contribution in [2.45, 2.75) is 0 Å². The number of hydrogen-bond acceptors (Lipinski definition) is 3. The van der Waals surface area contributed by atoms with Gasteiger partial charge in [0, 0.05) is 5.56 Å². The molecular formula is C10H10N2O2. The topological polar surface area (TPSA) is 64.4 Å². The molecule has 0 saturated carbocycles. The SMILES string of the molecule is N=C1c2ccccc2C(=O)N1CCO. The molecule has 2 rings (SSSR count). The number of β-amino-alcohol motifs (C(OH)–C–C–N with tert-alkyl or cyclic N) is 1. The quantitative estimate of drug-likeness (QED) is 0.711. The average Bonchev–Trinajstić information content (AvgIpc) is 2.45. The van der Waals surface area contributed by atoms with E-state index in [0.717, 1.165) is 0 Å². The van der Waals surface area contributed by atoms with Crippen LogP contribution in [0.2, 0.25) is 0 Å². The van der Waals surface area contributed by atoms with Gasteiger partial charge in [0.15, 0.2) is 0 Å². The molecule has 0 bridgehead atoms. The van der Waals surface area contributed by atoms with Crippen molar-refractivity contribution in [1.82, 2.24) is 4.90 Å². The summed E-state index contributed by atoms with van der Waals surface area (Å²) in [5.41, 5.74) is 1.19. The number of aliphatic hydroxyl groups is 1. The number of carbonyl (C=O) groups is 1. The third kappa shape index (κ3) is 1.12. The molecule has 0 atom stereocenters. The highest BCUT2D eigenvalue weighted by molar-refractivity contribution is 6.22. The van der Waals surface area contributed by atoms with Crippen LogP contribution >= 0.6 is 0 Å². The van der Waals surface area contributed by atoms with E-state index in [0.29, 0.717) is 11.1 Å². The summed E-state index contributed by atoms with van der Waals surface area (Å²) in [5, 5.41) is 16.5. The van der Waals surface area contributed by atoms with Crippen LogP contribution in [-0.4, -0.2) is 34.9 Å². The van der Waals surface area contributed by atoms with E-state index in [1.807, 2.05) is 0 Å². The normalized spacial score (nSPS) is 14.8. The fraction of sp³-hybridized carbons (Fsp3) is 0.200. The number of nitrogens with one attached hydrogen (secondary N) is 1. The molecule has 0 aliphatic carbocycles. The van der Waals surface area contributed by atoms with E-state index < -0.39 is 0 Å². The Morgan fingerprint density at radius 2 is 1.93 bits per heavy atom. The molecule has 0 saturated heterocycles. The molecule has 1 heterocycles. The third-order valence-electron chi connectivity index (χ3n) is 2.25. The van der Waals surface area contributed by atoms with Gasteiger partial charge in [0.2, 0.25) is 0 Å². The van der Waals surface area contributed by atoms with Crippen molar-refractivity contribution in [1.29, 1.82) is 5.41 Å². The smallest absolute Gasteiger partial charge is 0.260 e. The van der Waals surface area contributed by atoms with Crippen molar-refractivity contribution < 1.29 is 9.90 Å². The minimum atomic E-state index is -0.195. The monoisotopic (exact) mass is 190 g/mol. The van der Waals surface area contributed by atoms with Gasteiger partial charge < -0.3 is 5.11 Å². The Morgan fingerprint density at radius 1 is 1.29 bits per heavy atom. The van der Waals surface area contributed by atoms with Crippen LogP contribution in [0.4, 0.5) is 0 Å². The van der Waals surface area contributed by atoms with Gasteiger partial charge in [-0.3, -0.25) is 15.1 Å². The second-order valence-electron chi connectivity index (χ2n) is 3.07. The van der Waals surface area contributed by atoms with Gasteiger partial charge in [0.05, 0.1) is 18.7 Å². The van der Waals surface area contributed by atoms with Gasteiger partial charge in [0.1, 0.15) is 5.84 Å². The van der Waals surface area contributed by atoms with Gasteiger partial charge in [-0.15, -0.1) is 0 Å². The van der Waals surface area contributed by atoms with Crippen LogP contribution in [0.5, 0.6) is 0 Å². The van der Waals surface area contributed by atoms with E-state index in [2.05, 4.69) is 0 Å². The molecule has 14 heavy (non-hydrogen) atoms. The number of amides is 1. The maximum atomic E-state index is 11.7. The second kappa shape index (κ2) is 3.23. The predicted octanol–water partition coefficient (Wildman–Crippen LogP) is 0.460. The molecule has 1 aromatic rings. The zero-order valence-corrected chi connectivity index (χ0v) is 7.53. The van der Waals surface area contributed by atoms with Crippen LogP contribution in [-0.2, 0) is 0 Å². The Morgan fingerprint density at radius 3 is 2.50 bits per heavy atom. The van der Waals surface area contributed by atoms with Crippen molar-refractivity contribution in [3.05, 3.63) is 35.4 Å². The summed E-state index contributed by atoms with van der Waals surface area (Å²) in [7, 11) is 0. The van der Waals surface area contributed by atoms with Gasteiger partial charge in [0.25, 0.3) is 5.91 Å². The third-order valence-corrected chi connectivity index (χ3v) is 2.25. The molecular weight excluding hydrogens is 180 g/mol. The summed E-state index contributed by atoms with van der Waals surface area (Å²) < 4.78 is 0. The molecule has 0 fully saturated rings. The Kier molecular flexibility index (Phi) is 2.05. The van der Waals surface area contributed by atoms with Crippen LogP contribution in [0.3, 0.4) is 0 Å². The molecule has 0 unspecified atom stereocenters. The van der Waals surface area contributed by atoms with E-state index in [-0.39, 0.29) is 24.9 Å². The Hall–Kier alpha value is -1.68. The van der Waals surface area contributed by atoms with Crippen molar-refractivity contribution >= 4 is 11.7 Å². The molecule has 1 aromatic carbocycles. The number of fused-ring (bicyclic) bond motifs is 1. The highest BCUT2D eigenvalue weighted by Crippen LogP contribution is 2.21. The van der Waals surface area contributed by atoms with Crippen molar-refractivity contribution in [3.63, 3.8) is 0 Å². The maximum Gasteiger partial charge on any atom is 0.260 e. The second-order valence-corrected chi connectivity index (χ2v) is 3.07. The number of nitrogens with zero attached hydrogens (tertiary/aromatic N) is 1. The summed E-state index contributed by atoms with van der Waals surface area (Å²) in [6.07, 6.45) is 0. The first-order chi connectivity index (χ1) is 6.75. The van der Waals surface area contributed by atoms with E-state index in [4.69, 9.17) is 10.5 Å². The molecule has 1 amide bonds. The molecule has 0 aromatic heterocycles. The first-order valence-electron chi connectivity index (χ1n) is 4.36. The summed E-state index contributed by atoms with van der Waals surface area (Å²) >= 11 is 0. The molecule has 0 spiro atoms. The molecule has 0 radical (unpaired) electrons. The average molecular weight is 190 g/mol. The molecule has 1 aliphatic rings. The minimum Gasteiger partial charge on any atom is -0.395 e. The summed E-state index contributed by atoms with van der Waals surface area (Å²) in [6, 6.07) is 7.01. The summed E-state index contributed by atoms with van der Waals surface area (Å²) in [5.74, 6) is -0.0145. The van der Waals surface area contributed by atoms with E-state index in [1.54, 1.807) is 24.3 Å². The molecule has 72 valence electrons. The number of aliphatic hydroxyl groups excluding tert-OH is 1. The lowest BCUT2D eigenvalue weighted by Gasteiger charge is -2.13. The lowest BCUT2D eigenvalue weighted by molar-refractivity contribution is 0.0839. The van der Waals surface area contributed by atoms with Gasteiger partial charge >= 0.3 is 0 Å². The zero-order valence-electron chi connectivity index (χ0n) is 7.53. The lowest BCUT2D eigenvalue weighted by Crippen LogP contribution is -2.32. The van der Waals surface area contributed by atoms with Crippen molar-refractivity contribution in [3.8, 4) is 0 Å². The highest BCUT2D eigenvalue weighted by atomic mass is 16.3. The van der Waals surface area contributed by atoms with Crippen LogP contribution in [0, 0.1) is 5.41 Å². The number of amidine groups is 1. The highest BCUT2D eigenvalue weighted by Gasteiger charge is 2.31. The summed E-state index contributed by atoms with van der Waals surface area (Å²) in [4.78, 5) is 13.0. The van der Waals surface area contributed by atoms with Crippen molar-refractivity contribution in [2.24, 2.45) is 0 Å². The Bertz CT molecular complexity index is 366. The fourth-order valence-corrected chi connectivity index (χ4v) is 1.58. The van der Waals surface area contributed by atoms with E-state index in [9.17, 15) is 4.79 Å². The molecule has 2 N–H and O–H groups in total. The van der Waals surface area contributed by atoms with Crippen LogP contribution in [0.25, 0.3) is 0 Å². The number of benzene rings is 1. The Balaban J connectivity index is 2.43. The minimum absolute atomic E-state index is 0.123. The number of rotatable bonds is 2. The van der Waals surface area contributed by atoms with Gasteiger partial charge in [-0.2, -0.15) is 0 Å². The van der Waals surface area contributed by atoms with Crippen LogP contribution < -0.4 is 0 Å². The van der Waals surface area contributed by atoms with E-state index >= 15 is 0 Å². The lowest BCUT2D eigenvalue weighted by atomic mass is 10.1. The van der Waals surface area contributed by atoms with Crippen LogP contribution in [0.15, 0.2) is 24.3 Å². The zero-order chi connectivity index (χ0) is 10.1. The Labute approximate surface area is 81.3 Å². The van der Waals surface area contributed by atoms with E-state index in [1.165, 1.54) is 4.90 Å². The molecule has 4 nitrogen and oxygen atoms in total. The maximum absolute atomic E-state index is 11.7. The van der Waals surface area contributed by atoms with Crippen molar-refractivity contribution in [2.75, 3.05) is 13.2 Å². The largest absolute Gasteiger partial charge is 0.395 e. The van der Waals surface area contributed by atoms with Gasteiger partial charge in [-0.05, 0) is 6.07 Å². The molecule has 4 heteroatoms. The van der Waals surface area contributed by atoms with Gasteiger partial charge in [-0.25, -0.2) is 0 Å². The fourth-order valence-electron chi connectivity index (χ4n) is 1.58. The number of carbonyl (C=O) groups excluding carboxylic acids is 1. The number of hydrogen-bond donors (Lipinski definition) is 2. The molecule has 1 aliphatic heterocycles. The summed E-state index contributed by atoms with van der Waals surface area (Å²) in [6.45, 7) is 0.0639. The van der Waals surface area contributed by atoms with Crippen LogP contribution in [0.1, 0.15) is 15.9 Å². The standard InChI is InChI=1S/C10H10N2O2/c11-9-7-3-1-2-4-8(7)10(14)12(9)5-6-13/h1-4,11,13H,5-6H2. The first-order valence-corrected chi connectivity index (χ1v) is 4.36. The first kappa shape index (κ1) is 8.90.